The van der Waals surface area contributed by atoms with E-state index in [1.807, 2.05) is 12.1 Å². The average Bonchev–Trinajstić information content (AvgIpc) is 3.35. The molecule has 1 saturated heterocycles. The molecule has 210 valence electrons. The van der Waals surface area contributed by atoms with Crippen LogP contribution in [0.25, 0.3) is 21.7 Å². The van der Waals surface area contributed by atoms with Crippen molar-refractivity contribution < 1.29 is 32.9 Å². The summed E-state index contributed by atoms with van der Waals surface area (Å²) in [6.07, 6.45) is 3.42. The Morgan fingerprint density at radius 2 is 1.88 bits per heavy atom. The molecular formula is C32H29FN2O6. The topological polar surface area (TPSA) is 94.3 Å². The van der Waals surface area contributed by atoms with Gasteiger partial charge in [-0.1, -0.05) is 12.1 Å². The van der Waals surface area contributed by atoms with Gasteiger partial charge in [0.05, 0.1) is 26.4 Å². The van der Waals surface area contributed by atoms with Crippen molar-refractivity contribution in [1.29, 1.82) is 0 Å². The number of benzene rings is 3. The Hall–Kier alpha value is -4.47. The number of phenols is 1. The number of fused-ring (bicyclic) bond motifs is 3. The molecule has 0 radical (unpaired) electrons. The molecule has 1 aliphatic rings. The number of pyridine rings is 1. The number of nitrogens with zero attached hydrogens (tertiary/aromatic N) is 2. The molecule has 41 heavy (non-hydrogen) atoms. The number of halogens is 1. The molecule has 6 rings (SSSR count). The maximum Gasteiger partial charge on any atom is 0.342 e. The van der Waals surface area contributed by atoms with E-state index in [-0.39, 0.29) is 23.7 Å². The summed E-state index contributed by atoms with van der Waals surface area (Å²) in [5.74, 6) is 0.0112. The standard InChI is InChI=1S/C32H29FN2O6/c1-19-26(32(37)38-2)27-28(29(21-8-10-34-11-9-21)35-12-14-39-15-13-35)30(36)24-7-6-23(17-25(24)31(27)41-19)40-18-20-4-3-5-22(33)16-20/h3-11,16-17,29,36H,12-15,18H2,1-2H3. The van der Waals surface area contributed by atoms with E-state index in [0.29, 0.717) is 70.7 Å². The van der Waals surface area contributed by atoms with Crippen molar-refractivity contribution in [2.24, 2.45) is 0 Å². The number of ether oxygens (including phenoxy) is 3. The first-order chi connectivity index (χ1) is 20.0. The van der Waals surface area contributed by atoms with E-state index in [1.54, 1.807) is 49.6 Å². The van der Waals surface area contributed by atoms with E-state index >= 15 is 0 Å². The number of carbonyl (C=O) groups excluding carboxylic acids is 1. The number of rotatable bonds is 7. The van der Waals surface area contributed by atoms with Gasteiger partial charge >= 0.3 is 5.97 Å². The molecular weight excluding hydrogens is 527 g/mol. The zero-order chi connectivity index (χ0) is 28.5. The third kappa shape index (κ3) is 4.98. The largest absolute Gasteiger partial charge is 0.507 e. The molecule has 1 fully saturated rings. The molecule has 3 heterocycles. The van der Waals surface area contributed by atoms with Gasteiger partial charge in [0.2, 0.25) is 0 Å². The molecule has 0 bridgehead atoms. The zero-order valence-electron chi connectivity index (χ0n) is 22.7. The lowest BCUT2D eigenvalue weighted by molar-refractivity contribution is 0.0238. The summed E-state index contributed by atoms with van der Waals surface area (Å²) < 4.78 is 36.7. The molecule has 0 saturated carbocycles. The predicted octanol–water partition coefficient (Wildman–Crippen LogP) is 5.92. The summed E-state index contributed by atoms with van der Waals surface area (Å²) in [6.45, 7) is 4.20. The molecule has 1 N–H and O–H groups in total. The summed E-state index contributed by atoms with van der Waals surface area (Å²) in [6, 6.07) is 14.9. The van der Waals surface area contributed by atoms with Gasteiger partial charge in [-0.3, -0.25) is 9.88 Å². The minimum absolute atomic E-state index is 0.0310. The van der Waals surface area contributed by atoms with E-state index in [9.17, 15) is 14.3 Å². The van der Waals surface area contributed by atoms with Crippen molar-refractivity contribution in [2.45, 2.75) is 19.6 Å². The van der Waals surface area contributed by atoms with E-state index in [2.05, 4.69) is 9.88 Å². The monoisotopic (exact) mass is 556 g/mol. The molecule has 5 aromatic rings. The Labute approximate surface area is 235 Å². The Balaban J connectivity index is 1.58. The number of hydrogen-bond donors (Lipinski definition) is 1. The van der Waals surface area contributed by atoms with E-state index in [4.69, 9.17) is 18.6 Å². The second-order valence-electron chi connectivity index (χ2n) is 9.95. The lowest BCUT2D eigenvalue weighted by atomic mass is 9.89. The van der Waals surface area contributed by atoms with Crippen LogP contribution < -0.4 is 4.74 Å². The van der Waals surface area contributed by atoms with Crippen molar-refractivity contribution in [1.82, 2.24) is 9.88 Å². The molecule has 1 atom stereocenters. The third-order valence-electron chi connectivity index (χ3n) is 7.49. The van der Waals surface area contributed by atoms with Crippen molar-refractivity contribution in [3.63, 3.8) is 0 Å². The van der Waals surface area contributed by atoms with Crippen LogP contribution in [0.1, 0.15) is 38.9 Å². The molecule has 0 amide bonds. The van der Waals surface area contributed by atoms with E-state index < -0.39 is 12.0 Å². The normalized spacial score (nSPS) is 14.8. The average molecular weight is 557 g/mol. The Bertz CT molecular complexity index is 1730. The number of morpholine rings is 1. The number of furan rings is 1. The van der Waals surface area contributed by atoms with Crippen LogP contribution in [0.15, 0.2) is 71.4 Å². The van der Waals surface area contributed by atoms with Crippen molar-refractivity contribution in [3.8, 4) is 11.5 Å². The molecule has 2 aromatic heterocycles. The summed E-state index contributed by atoms with van der Waals surface area (Å²) in [5.41, 5.74) is 2.83. The summed E-state index contributed by atoms with van der Waals surface area (Å²) in [4.78, 5) is 19.5. The Kier molecular flexibility index (Phi) is 7.30. The van der Waals surface area contributed by atoms with Crippen molar-refractivity contribution in [2.75, 3.05) is 33.4 Å². The summed E-state index contributed by atoms with van der Waals surface area (Å²) >= 11 is 0. The number of hydrogen-bond acceptors (Lipinski definition) is 8. The number of phenolic OH excluding ortho intramolecular Hbond substituents is 1. The highest BCUT2D eigenvalue weighted by molar-refractivity contribution is 6.17. The molecule has 3 aromatic carbocycles. The number of methoxy groups -OCH3 is 1. The van der Waals surface area contributed by atoms with E-state index in [0.717, 1.165) is 5.56 Å². The quantitative estimate of drug-likeness (QED) is 0.247. The van der Waals surface area contributed by atoms with Crippen LogP contribution in [-0.4, -0.2) is 54.4 Å². The fourth-order valence-electron chi connectivity index (χ4n) is 5.61. The van der Waals surface area contributed by atoms with Gasteiger partial charge in [0.1, 0.15) is 40.8 Å². The Morgan fingerprint density at radius 3 is 2.61 bits per heavy atom. The zero-order valence-corrected chi connectivity index (χ0v) is 22.7. The first-order valence-corrected chi connectivity index (χ1v) is 13.3. The van der Waals surface area contributed by atoms with Crippen LogP contribution in [-0.2, 0) is 16.1 Å². The van der Waals surface area contributed by atoms with Crippen molar-refractivity contribution in [3.05, 3.63) is 101 Å². The van der Waals surface area contributed by atoms with Gasteiger partial charge in [0.15, 0.2) is 0 Å². The fraction of sp³-hybridized carbons (Fsp3) is 0.250. The maximum absolute atomic E-state index is 13.7. The first-order valence-electron chi connectivity index (χ1n) is 13.3. The summed E-state index contributed by atoms with van der Waals surface area (Å²) in [5, 5.41) is 13.6. The van der Waals surface area contributed by atoms with Crippen LogP contribution in [0.4, 0.5) is 4.39 Å². The lowest BCUT2D eigenvalue weighted by Gasteiger charge is -2.36. The van der Waals surface area contributed by atoms with E-state index in [1.165, 1.54) is 19.2 Å². The highest BCUT2D eigenvalue weighted by atomic mass is 19.1. The number of esters is 1. The van der Waals surface area contributed by atoms with Crippen molar-refractivity contribution >= 4 is 27.7 Å². The van der Waals surface area contributed by atoms with Crippen LogP contribution in [0, 0.1) is 12.7 Å². The Morgan fingerprint density at radius 1 is 1.10 bits per heavy atom. The predicted molar refractivity (Wildman–Crippen MR) is 151 cm³/mol. The number of carbonyl (C=O) groups is 1. The van der Waals surface area contributed by atoms with Gasteiger partial charge < -0.3 is 23.7 Å². The summed E-state index contributed by atoms with van der Waals surface area (Å²) in [7, 11) is 1.32. The van der Waals surface area contributed by atoms with Gasteiger partial charge in [0, 0.05) is 47.2 Å². The van der Waals surface area contributed by atoms with Crippen LogP contribution >= 0.6 is 0 Å². The number of aromatic nitrogens is 1. The molecule has 9 heteroatoms. The van der Waals surface area contributed by atoms with Gasteiger partial charge in [-0.05, 0) is 60.5 Å². The van der Waals surface area contributed by atoms with Gasteiger partial charge in [-0.25, -0.2) is 9.18 Å². The molecule has 8 nitrogen and oxygen atoms in total. The molecule has 0 aliphatic carbocycles. The smallest absolute Gasteiger partial charge is 0.342 e. The van der Waals surface area contributed by atoms with Gasteiger partial charge in [-0.2, -0.15) is 0 Å². The minimum atomic E-state index is -0.560. The van der Waals surface area contributed by atoms with Crippen LogP contribution in [0.5, 0.6) is 11.5 Å². The number of aryl methyl sites for hydroxylation is 1. The first kappa shape index (κ1) is 26.7. The SMILES string of the molecule is COC(=O)c1c(C)oc2c1c(C(c1ccncc1)N1CCOCC1)c(O)c1ccc(OCc3cccc(F)c3)cc12. The minimum Gasteiger partial charge on any atom is -0.507 e. The third-order valence-corrected chi connectivity index (χ3v) is 7.49. The highest BCUT2D eigenvalue weighted by Gasteiger charge is 2.34. The van der Waals surface area contributed by atoms with Crippen LogP contribution in [0.3, 0.4) is 0 Å². The van der Waals surface area contributed by atoms with Crippen LogP contribution in [0.2, 0.25) is 0 Å². The second-order valence-corrected chi connectivity index (χ2v) is 9.95. The lowest BCUT2D eigenvalue weighted by Crippen LogP contribution is -2.39. The fourth-order valence-corrected chi connectivity index (χ4v) is 5.61. The molecule has 0 spiro atoms. The van der Waals surface area contributed by atoms with Gasteiger partial charge in [0.25, 0.3) is 0 Å². The molecule has 1 aliphatic heterocycles. The van der Waals surface area contributed by atoms with Gasteiger partial charge in [-0.15, -0.1) is 0 Å². The second kappa shape index (κ2) is 11.2. The number of aromatic hydroxyl groups is 1. The molecule has 1 unspecified atom stereocenters. The highest BCUT2D eigenvalue weighted by Crippen LogP contribution is 2.48. The maximum atomic E-state index is 13.7.